The number of aromatic nitrogens is 5. The van der Waals surface area contributed by atoms with E-state index in [1.54, 1.807) is 18.7 Å². The van der Waals surface area contributed by atoms with Gasteiger partial charge in [-0.1, -0.05) is 6.07 Å². The standard InChI is InChI=1S/C15H15N5O/c1-2-7-17-13(4-1)14-5-6-15(19-18-14)21-11-3-9-20-10-8-16-12-20/h1-2,4-8,10,12H,3,9,11H2. The lowest BCUT2D eigenvalue weighted by Gasteiger charge is -2.05. The van der Waals surface area contributed by atoms with E-state index in [0.29, 0.717) is 12.5 Å². The molecule has 0 aliphatic heterocycles. The molecule has 0 aromatic carbocycles. The minimum absolute atomic E-state index is 0.528. The summed E-state index contributed by atoms with van der Waals surface area (Å²) < 4.78 is 7.58. The molecule has 0 spiro atoms. The summed E-state index contributed by atoms with van der Waals surface area (Å²) in [6.45, 7) is 1.47. The van der Waals surface area contributed by atoms with Crippen molar-refractivity contribution in [3.63, 3.8) is 0 Å². The van der Waals surface area contributed by atoms with Gasteiger partial charge in [0.2, 0.25) is 5.88 Å². The summed E-state index contributed by atoms with van der Waals surface area (Å²) in [6.07, 6.45) is 8.11. The molecule has 0 saturated heterocycles. The molecular weight excluding hydrogens is 266 g/mol. The number of imidazole rings is 1. The zero-order valence-corrected chi connectivity index (χ0v) is 11.5. The van der Waals surface area contributed by atoms with Crippen molar-refractivity contribution >= 4 is 0 Å². The van der Waals surface area contributed by atoms with Gasteiger partial charge < -0.3 is 9.30 Å². The van der Waals surface area contributed by atoms with Crippen molar-refractivity contribution in [3.05, 3.63) is 55.2 Å². The van der Waals surface area contributed by atoms with Crippen molar-refractivity contribution in [1.82, 2.24) is 24.7 Å². The van der Waals surface area contributed by atoms with E-state index in [1.165, 1.54) is 0 Å². The van der Waals surface area contributed by atoms with Gasteiger partial charge in [-0.05, 0) is 24.6 Å². The van der Waals surface area contributed by atoms with E-state index in [2.05, 4.69) is 20.2 Å². The fourth-order valence-corrected chi connectivity index (χ4v) is 1.89. The molecule has 3 heterocycles. The summed E-state index contributed by atoms with van der Waals surface area (Å²) in [4.78, 5) is 8.22. The SMILES string of the molecule is c1ccc(-c2ccc(OCCCn3ccnc3)nn2)nc1. The lowest BCUT2D eigenvalue weighted by molar-refractivity contribution is 0.287. The van der Waals surface area contributed by atoms with Crippen LogP contribution in [0.2, 0.25) is 0 Å². The smallest absolute Gasteiger partial charge is 0.233 e. The highest BCUT2D eigenvalue weighted by Gasteiger charge is 2.02. The van der Waals surface area contributed by atoms with Crippen LogP contribution in [0.5, 0.6) is 5.88 Å². The van der Waals surface area contributed by atoms with Gasteiger partial charge in [0, 0.05) is 31.2 Å². The molecule has 21 heavy (non-hydrogen) atoms. The van der Waals surface area contributed by atoms with Crippen LogP contribution in [-0.4, -0.2) is 31.3 Å². The molecule has 0 radical (unpaired) electrons. The van der Waals surface area contributed by atoms with Gasteiger partial charge in [-0.25, -0.2) is 4.98 Å². The van der Waals surface area contributed by atoms with Gasteiger partial charge in [0.1, 0.15) is 5.69 Å². The van der Waals surface area contributed by atoms with Gasteiger partial charge in [0.25, 0.3) is 0 Å². The number of nitrogens with zero attached hydrogens (tertiary/aromatic N) is 5. The Morgan fingerprint density at radius 2 is 2.00 bits per heavy atom. The van der Waals surface area contributed by atoms with Crippen molar-refractivity contribution in [1.29, 1.82) is 0 Å². The second kappa shape index (κ2) is 6.60. The van der Waals surface area contributed by atoms with Crippen LogP contribution in [0.25, 0.3) is 11.4 Å². The largest absolute Gasteiger partial charge is 0.477 e. The first-order valence-electron chi connectivity index (χ1n) is 6.75. The molecule has 0 bridgehead atoms. The third kappa shape index (κ3) is 3.62. The first-order valence-corrected chi connectivity index (χ1v) is 6.75. The van der Waals surface area contributed by atoms with Gasteiger partial charge in [-0.2, -0.15) is 0 Å². The molecule has 106 valence electrons. The molecule has 3 rings (SSSR count). The van der Waals surface area contributed by atoms with E-state index in [0.717, 1.165) is 24.4 Å². The average molecular weight is 281 g/mol. The summed E-state index contributed by atoms with van der Waals surface area (Å²) in [5.74, 6) is 0.528. The van der Waals surface area contributed by atoms with Crippen molar-refractivity contribution in [2.24, 2.45) is 0 Å². The molecule has 0 amide bonds. The number of rotatable bonds is 6. The second-order valence-corrected chi connectivity index (χ2v) is 4.47. The normalized spacial score (nSPS) is 10.5. The van der Waals surface area contributed by atoms with Gasteiger partial charge >= 0.3 is 0 Å². The number of pyridine rings is 1. The van der Waals surface area contributed by atoms with Crippen molar-refractivity contribution < 1.29 is 4.74 Å². The topological polar surface area (TPSA) is 65.7 Å². The quantitative estimate of drug-likeness (QED) is 0.648. The van der Waals surface area contributed by atoms with Crippen LogP contribution in [0.1, 0.15) is 6.42 Å². The molecule has 0 fully saturated rings. The Balaban J connectivity index is 1.50. The van der Waals surface area contributed by atoms with Crippen molar-refractivity contribution in [2.45, 2.75) is 13.0 Å². The van der Waals surface area contributed by atoms with Crippen LogP contribution >= 0.6 is 0 Å². The molecule has 0 aliphatic rings. The third-order valence-electron chi connectivity index (χ3n) is 2.94. The van der Waals surface area contributed by atoms with Crippen LogP contribution in [-0.2, 0) is 6.54 Å². The lowest BCUT2D eigenvalue weighted by atomic mass is 10.2. The summed E-state index contributed by atoms with van der Waals surface area (Å²) in [5.41, 5.74) is 1.54. The van der Waals surface area contributed by atoms with Crippen LogP contribution in [0.4, 0.5) is 0 Å². The Labute approximate surface area is 122 Å². The van der Waals surface area contributed by atoms with Gasteiger partial charge in [-0.15, -0.1) is 10.2 Å². The van der Waals surface area contributed by atoms with E-state index >= 15 is 0 Å². The monoisotopic (exact) mass is 281 g/mol. The fraction of sp³-hybridized carbons (Fsp3) is 0.200. The van der Waals surface area contributed by atoms with Crippen molar-refractivity contribution in [2.75, 3.05) is 6.61 Å². The first kappa shape index (κ1) is 13.2. The predicted molar refractivity (Wildman–Crippen MR) is 77.6 cm³/mol. The molecule has 0 unspecified atom stereocenters. The molecule has 0 aliphatic carbocycles. The van der Waals surface area contributed by atoms with Gasteiger partial charge in [0.05, 0.1) is 18.6 Å². The molecule has 0 atom stereocenters. The molecular formula is C15H15N5O. The van der Waals surface area contributed by atoms with E-state index in [4.69, 9.17) is 4.74 Å². The number of hydrogen-bond acceptors (Lipinski definition) is 5. The summed E-state index contributed by atoms with van der Waals surface area (Å²) in [6, 6.07) is 9.36. The minimum atomic E-state index is 0.528. The zero-order chi connectivity index (χ0) is 14.3. The number of hydrogen-bond donors (Lipinski definition) is 0. The minimum Gasteiger partial charge on any atom is -0.477 e. The van der Waals surface area contributed by atoms with E-state index in [1.807, 2.05) is 41.1 Å². The Bertz CT molecular complexity index is 652. The lowest BCUT2D eigenvalue weighted by Crippen LogP contribution is -2.04. The highest BCUT2D eigenvalue weighted by Crippen LogP contribution is 2.14. The molecule has 3 aromatic rings. The van der Waals surface area contributed by atoms with Crippen LogP contribution in [0.15, 0.2) is 55.2 Å². The number of aryl methyl sites for hydroxylation is 1. The summed E-state index contributed by atoms with van der Waals surface area (Å²) in [5, 5.41) is 8.18. The Morgan fingerprint density at radius 1 is 1.00 bits per heavy atom. The maximum Gasteiger partial charge on any atom is 0.233 e. The highest BCUT2D eigenvalue weighted by atomic mass is 16.5. The maximum atomic E-state index is 5.57. The third-order valence-corrected chi connectivity index (χ3v) is 2.94. The van der Waals surface area contributed by atoms with Crippen molar-refractivity contribution in [3.8, 4) is 17.3 Å². The molecule has 3 aromatic heterocycles. The van der Waals surface area contributed by atoms with E-state index in [9.17, 15) is 0 Å². The first-order chi connectivity index (χ1) is 10.4. The zero-order valence-electron chi connectivity index (χ0n) is 11.5. The number of ether oxygens (including phenoxy) is 1. The van der Waals surface area contributed by atoms with E-state index in [-0.39, 0.29) is 0 Å². The Morgan fingerprint density at radius 3 is 2.71 bits per heavy atom. The molecule has 6 nitrogen and oxygen atoms in total. The molecule has 0 N–H and O–H groups in total. The fourth-order valence-electron chi connectivity index (χ4n) is 1.89. The predicted octanol–water partition coefficient (Wildman–Crippen LogP) is 2.20. The molecule has 6 heteroatoms. The second-order valence-electron chi connectivity index (χ2n) is 4.47. The van der Waals surface area contributed by atoms with E-state index < -0.39 is 0 Å². The molecule has 0 saturated carbocycles. The summed E-state index contributed by atoms with van der Waals surface area (Å²) >= 11 is 0. The van der Waals surface area contributed by atoms with Crippen LogP contribution in [0, 0.1) is 0 Å². The Hall–Kier alpha value is -2.76. The van der Waals surface area contributed by atoms with Gasteiger partial charge in [0.15, 0.2) is 0 Å². The Kier molecular flexibility index (Phi) is 4.16. The highest BCUT2D eigenvalue weighted by molar-refractivity contribution is 5.52. The summed E-state index contributed by atoms with van der Waals surface area (Å²) in [7, 11) is 0. The maximum absolute atomic E-state index is 5.57. The van der Waals surface area contributed by atoms with Crippen LogP contribution < -0.4 is 4.74 Å². The average Bonchev–Trinajstić information content (AvgIpc) is 3.06. The van der Waals surface area contributed by atoms with Gasteiger partial charge in [-0.3, -0.25) is 4.98 Å². The van der Waals surface area contributed by atoms with Crippen LogP contribution in [0.3, 0.4) is 0 Å².